The molecule has 366 valence electrons. The van der Waals surface area contributed by atoms with Crippen molar-refractivity contribution in [1.82, 2.24) is 5.32 Å². The Morgan fingerprint density at radius 3 is 1.03 bits per heavy atom. The second-order valence-corrected chi connectivity index (χ2v) is 18.6. The Morgan fingerprint density at radius 2 is 0.667 bits per heavy atom. The second kappa shape index (κ2) is 54.2. The number of nitrogens with one attached hydrogen (secondary N) is 1. The third-order valence-corrected chi connectivity index (χ3v) is 12.4. The van der Waals surface area contributed by atoms with Crippen molar-refractivity contribution in [3.8, 4) is 0 Å². The molecule has 0 aromatic carbocycles. The minimum atomic E-state index is -0.874. The van der Waals surface area contributed by atoms with E-state index in [-0.39, 0.29) is 12.5 Å². The van der Waals surface area contributed by atoms with Gasteiger partial charge in [0.1, 0.15) is 0 Å². The lowest BCUT2D eigenvalue weighted by Gasteiger charge is -2.19. The molecule has 3 N–H and O–H groups in total. The number of carbonyl (C=O) groups is 1. The highest BCUT2D eigenvalue weighted by molar-refractivity contribution is 5.76. The van der Waals surface area contributed by atoms with E-state index in [4.69, 9.17) is 0 Å². The predicted molar refractivity (Wildman–Crippen MR) is 281 cm³/mol. The van der Waals surface area contributed by atoms with Gasteiger partial charge in [-0.2, -0.15) is 0 Å². The van der Waals surface area contributed by atoms with E-state index in [1.54, 1.807) is 6.08 Å². The van der Waals surface area contributed by atoms with E-state index in [9.17, 15) is 15.0 Å². The van der Waals surface area contributed by atoms with Crippen LogP contribution in [0.25, 0.3) is 0 Å². The summed E-state index contributed by atoms with van der Waals surface area (Å²) in [7, 11) is 0. The Balaban J connectivity index is 3.57. The Bertz CT molecular complexity index is 1090. The van der Waals surface area contributed by atoms with E-state index in [1.165, 1.54) is 205 Å². The highest BCUT2D eigenvalue weighted by Crippen LogP contribution is 2.16. The van der Waals surface area contributed by atoms with Gasteiger partial charge in [-0.05, 0) is 83.5 Å². The summed E-state index contributed by atoms with van der Waals surface area (Å²) in [5, 5.41) is 23.1. The largest absolute Gasteiger partial charge is 0.394 e. The Hall–Kier alpha value is -2.17. The number of hydrogen-bond donors (Lipinski definition) is 3. The summed E-state index contributed by atoms with van der Waals surface area (Å²) in [6.07, 6.45) is 77.7. The van der Waals surface area contributed by atoms with E-state index in [2.05, 4.69) is 79.9 Å². The summed E-state index contributed by atoms with van der Waals surface area (Å²) in [6.45, 7) is 4.30. The molecular formula is C59H107NO3. The van der Waals surface area contributed by atoms with Gasteiger partial charge in [-0.3, -0.25) is 4.79 Å². The third kappa shape index (κ3) is 50.7. The molecule has 4 heteroatoms. The van der Waals surface area contributed by atoms with E-state index >= 15 is 0 Å². The van der Waals surface area contributed by atoms with E-state index in [0.29, 0.717) is 6.42 Å². The molecule has 0 rings (SSSR count). The maximum Gasteiger partial charge on any atom is 0.220 e. The first-order valence-electron chi connectivity index (χ1n) is 27.7. The van der Waals surface area contributed by atoms with Crippen LogP contribution in [0.5, 0.6) is 0 Å². The second-order valence-electron chi connectivity index (χ2n) is 18.6. The Labute approximate surface area is 393 Å². The highest BCUT2D eigenvalue weighted by Gasteiger charge is 2.17. The molecule has 2 unspecified atom stereocenters. The smallest absolute Gasteiger partial charge is 0.220 e. The molecule has 0 aromatic heterocycles. The number of hydrogen-bond acceptors (Lipinski definition) is 3. The van der Waals surface area contributed by atoms with Gasteiger partial charge in [0.2, 0.25) is 5.91 Å². The average molecular weight is 879 g/mol. The molecule has 0 spiro atoms. The Morgan fingerprint density at radius 1 is 0.381 bits per heavy atom. The molecule has 0 aliphatic carbocycles. The number of aliphatic hydroxyl groups is 2. The Kier molecular flexibility index (Phi) is 52.3. The van der Waals surface area contributed by atoms with Crippen LogP contribution in [0.15, 0.2) is 72.9 Å². The van der Waals surface area contributed by atoms with Gasteiger partial charge < -0.3 is 15.5 Å². The van der Waals surface area contributed by atoms with Crippen LogP contribution in [0.2, 0.25) is 0 Å². The van der Waals surface area contributed by atoms with Crippen molar-refractivity contribution in [3.05, 3.63) is 72.9 Å². The fourth-order valence-corrected chi connectivity index (χ4v) is 8.16. The molecule has 0 aromatic rings. The molecular weight excluding hydrogens is 771 g/mol. The van der Waals surface area contributed by atoms with Crippen molar-refractivity contribution in [3.63, 3.8) is 0 Å². The van der Waals surface area contributed by atoms with Crippen LogP contribution >= 0.6 is 0 Å². The molecule has 63 heavy (non-hydrogen) atoms. The normalized spacial score (nSPS) is 13.4. The lowest BCUT2D eigenvalue weighted by Crippen LogP contribution is -2.45. The minimum absolute atomic E-state index is 0.0784. The maximum absolute atomic E-state index is 12.5. The maximum atomic E-state index is 12.5. The van der Waals surface area contributed by atoms with Crippen molar-refractivity contribution in [2.24, 2.45) is 0 Å². The van der Waals surface area contributed by atoms with Crippen molar-refractivity contribution in [1.29, 1.82) is 0 Å². The first kappa shape index (κ1) is 60.8. The van der Waals surface area contributed by atoms with Crippen LogP contribution in [0.1, 0.15) is 277 Å². The number of amides is 1. The minimum Gasteiger partial charge on any atom is -0.394 e. The topological polar surface area (TPSA) is 69.6 Å². The van der Waals surface area contributed by atoms with Gasteiger partial charge in [-0.15, -0.1) is 0 Å². The summed E-state index contributed by atoms with van der Waals surface area (Å²) >= 11 is 0. The van der Waals surface area contributed by atoms with Crippen LogP contribution < -0.4 is 5.32 Å². The molecule has 4 nitrogen and oxygen atoms in total. The number of unbranched alkanes of at least 4 members (excludes halogenated alkanes) is 33. The molecule has 0 fully saturated rings. The zero-order valence-electron chi connectivity index (χ0n) is 42.1. The van der Waals surface area contributed by atoms with Crippen molar-refractivity contribution < 1.29 is 15.0 Å². The first-order valence-corrected chi connectivity index (χ1v) is 27.7. The fourth-order valence-electron chi connectivity index (χ4n) is 8.16. The standard InChI is InChI=1S/C59H107NO3/c1-3-5-7-9-11-13-15-17-19-21-23-25-27-28-29-30-31-32-33-35-37-39-41-43-45-47-49-51-53-55-59(63)60-57(56-61)58(62)54-52-50-48-46-44-42-40-38-36-34-26-24-22-20-18-16-14-12-10-8-6-4-2/h15,17,21,23,27-28,36,38,44,46,52,54,57-58,61-62H,3-14,16,18-20,22,24-26,29-35,37,39-43,45,47-51,53,55-56H2,1-2H3,(H,60,63)/b17-15-,23-21-,28-27-,38-36+,46-44+,54-52+. The van der Waals surface area contributed by atoms with E-state index < -0.39 is 12.1 Å². The van der Waals surface area contributed by atoms with Crippen molar-refractivity contribution >= 4 is 5.91 Å². The quantitative estimate of drug-likeness (QED) is 0.0421. The van der Waals surface area contributed by atoms with Crippen LogP contribution in [0.4, 0.5) is 0 Å². The molecule has 0 aliphatic heterocycles. The molecule has 0 heterocycles. The van der Waals surface area contributed by atoms with Crippen LogP contribution in [0, 0.1) is 0 Å². The van der Waals surface area contributed by atoms with E-state index in [0.717, 1.165) is 51.4 Å². The predicted octanol–water partition coefficient (Wildman–Crippen LogP) is 18.2. The van der Waals surface area contributed by atoms with Crippen LogP contribution in [0.3, 0.4) is 0 Å². The molecule has 0 saturated heterocycles. The molecule has 0 saturated carbocycles. The summed E-state index contributed by atoms with van der Waals surface area (Å²) in [5.41, 5.74) is 0. The summed E-state index contributed by atoms with van der Waals surface area (Å²) in [6, 6.07) is -0.649. The van der Waals surface area contributed by atoms with Gasteiger partial charge in [-0.25, -0.2) is 0 Å². The molecule has 2 atom stereocenters. The van der Waals surface area contributed by atoms with Gasteiger partial charge in [0, 0.05) is 6.42 Å². The monoisotopic (exact) mass is 878 g/mol. The zero-order valence-corrected chi connectivity index (χ0v) is 42.1. The van der Waals surface area contributed by atoms with E-state index in [1.807, 2.05) is 6.08 Å². The summed E-state index contributed by atoms with van der Waals surface area (Å²) in [4.78, 5) is 12.5. The van der Waals surface area contributed by atoms with Crippen molar-refractivity contribution in [2.75, 3.05) is 6.61 Å². The number of allylic oxidation sites excluding steroid dienone is 11. The highest BCUT2D eigenvalue weighted by atomic mass is 16.3. The average Bonchev–Trinajstić information content (AvgIpc) is 3.29. The van der Waals surface area contributed by atoms with Crippen molar-refractivity contribution in [2.45, 2.75) is 289 Å². The molecule has 0 radical (unpaired) electrons. The van der Waals surface area contributed by atoms with Gasteiger partial charge in [0.25, 0.3) is 0 Å². The number of rotatable bonds is 50. The van der Waals surface area contributed by atoms with Gasteiger partial charge in [0.15, 0.2) is 0 Å². The number of carbonyl (C=O) groups excluding carboxylic acids is 1. The lowest BCUT2D eigenvalue weighted by molar-refractivity contribution is -0.123. The molecule has 0 aliphatic rings. The SMILES string of the molecule is CCCCCCC/C=C\C/C=C\C/C=C\CCCCCCCCCCCCCCCCC(=O)NC(CO)C(O)/C=C/CC/C=C/CC/C=C/CCCCCCCCCCCCCC. The van der Waals surface area contributed by atoms with Gasteiger partial charge in [-0.1, -0.05) is 260 Å². The van der Waals surface area contributed by atoms with Crippen LogP contribution in [-0.2, 0) is 4.79 Å². The van der Waals surface area contributed by atoms with Gasteiger partial charge >= 0.3 is 0 Å². The lowest BCUT2D eigenvalue weighted by atomic mass is 10.0. The number of aliphatic hydroxyl groups excluding tert-OH is 2. The fraction of sp³-hybridized carbons (Fsp3) is 0.780. The third-order valence-electron chi connectivity index (χ3n) is 12.4. The molecule has 1 amide bonds. The van der Waals surface area contributed by atoms with Gasteiger partial charge in [0.05, 0.1) is 18.8 Å². The summed E-state index contributed by atoms with van der Waals surface area (Å²) in [5.74, 6) is -0.0784. The summed E-state index contributed by atoms with van der Waals surface area (Å²) < 4.78 is 0. The van der Waals surface area contributed by atoms with Crippen LogP contribution in [-0.4, -0.2) is 34.9 Å². The molecule has 0 bridgehead atoms. The first-order chi connectivity index (χ1) is 31.2. The zero-order chi connectivity index (χ0) is 45.6.